The lowest BCUT2D eigenvalue weighted by atomic mass is 10.3. The molecule has 60 valence electrons. The molecule has 0 saturated heterocycles. The smallest absolute Gasteiger partial charge is 0.176 e. The van der Waals surface area contributed by atoms with E-state index in [1.165, 1.54) is 6.33 Å². The fourth-order valence-electron chi connectivity index (χ4n) is 0.992. The van der Waals surface area contributed by atoms with Gasteiger partial charge in [0.1, 0.15) is 12.1 Å². The normalized spacial score (nSPS) is 8.92. The van der Waals surface area contributed by atoms with Crippen molar-refractivity contribution >= 4 is 0 Å². The van der Waals surface area contributed by atoms with Gasteiger partial charge in [-0.15, -0.1) is 0 Å². The molecule has 0 atom stereocenters. The minimum absolute atomic E-state index is 0.214. The van der Waals surface area contributed by atoms with E-state index in [9.17, 15) is 0 Å². The van der Waals surface area contributed by atoms with Crippen LogP contribution >= 0.6 is 0 Å². The summed E-state index contributed by atoms with van der Waals surface area (Å²) in [6, 6.07) is 3.83. The van der Waals surface area contributed by atoms with Crippen LogP contribution in [0.4, 0.5) is 0 Å². The molecule has 0 saturated carbocycles. The lowest BCUT2D eigenvalue weighted by Gasteiger charge is -1.97. The highest BCUT2D eigenvalue weighted by molar-refractivity contribution is 5.35. The summed E-state index contributed by atoms with van der Waals surface area (Å²) in [6.07, 6.45) is 2.45. The average molecular weight is 160 g/mol. The Labute approximate surface area is 70.7 Å². The largest absolute Gasteiger partial charge is 0.321 e. The molecule has 12 heavy (non-hydrogen) atoms. The third-order valence-corrected chi connectivity index (χ3v) is 1.51. The van der Waals surface area contributed by atoms with Gasteiger partial charge in [-0.3, -0.25) is 0 Å². The Morgan fingerprint density at radius 2 is 2.25 bits per heavy atom. The van der Waals surface area contributed by atoms with Crippen LogP contribution in [-0.4, -0.2) is 9.55 Å². The van der Waals surface area contributed by atoms with E-state index in [1.54, 1.807) is 4.57 Å². The van der Waals surface area contributed by atoms with Crippen molar-refractivity contribution in [1.82, 2.24) is 9.55 Å². The molecule has 0 N–H and O–H groups in total. The minimum atomic E-state index is 0.214. The van der Waals surface area contributed by atoms with Gasteiger partial charge in [0.05, 0.1) is 6.33 Å². The Bertz CT molecular complexity index is 350. The van der Waals surface area contributed by atoms with Crippen LogP contribution in [0.1, 0.15) is 24.7 Å². The Hall–Kier alpha value is -1.81. The maximum Gasteiger partial charge on any atom is 0.176 e. The SMILES string of the molecule is CCCn1cnc(C#N)c1C#N. The summed E-state index contributed by atoms with van der Waals surface area (Å²) >= 11 is 0. The number of nitriles is 2. The molecule has 0 bridgehead atoms. The van der Waals surface area contributed by atoms with Gasteiger partial charge in [0.25, 0.3) is 0 Å². The average Bonchev–Trinajstić information content (AvgIpc) is 2.47. The van der Waals surface area contributed by atoms with Crippen LogP contribution in [0, 0.1) is 22.7 Å². The first-order chi connectivity index (χ1) is 5.83. The van der Waals surface area contributed by atoms with Gasteiger partial charge in [-0.25, -0.2) is 4.98 Å². The van der Waals surface area contributed by atoms with Gasteiger partial charge in [-0.1, -0.05) is 6.92 Å². The van der Waals surface area contributed by atoms with E-state index < -0.39 is 0 Å². The standard InChI is InChI=1S/C8H8N4/c1-2-3-12-6-11-7(4-9)8(12)5-10/h6H,2-3H2,1H3. The molecule has 0 spiro atoms. The maximum atomic E-state index is 8.68. The Balaban J connectivity index is 3.09. The van der Waals surface area contributed by atoms with Gasteiger partial charge in [-0.2, -0.15) is 10.5 Å². The monoisotopic (exact) mass is 160 g/mol. The second-order valence-corrected chi connectivity index (χ2v) is 2.36. The lowest BCUT2D eigenvalue weighted by molar-refractivity contribution is 0.671. The molecule has 1 heterocycles. The van der Waals surface area contributed by atoms with E-state index in [0.29, 0.717) is 5.69 Å². The van der Waals surface area contributed by atoms with Crippen molar-refractivity contribution in [1.29, 1.82) is 10.5 Å². The van der Waals surface area contributed by atoms with Gasteiger partial charge in [0.2, 0.25) is 0 Å². The van der Waals surface area contributed by atoms with E-state index in [4.69, 9.17) is 10.5 Å². The number of imidazole rings is 1. The van der Waals surface area contributed by atoms with Crippen LogP contribution in [0.5, 0.6) is 0 Å². The predicted molar refractivity (Wildman–Crippen MR) is 41.9 cm³/mol. The number of aromatic nitrogens is 2. The zero-order valence-corrected chi connectivity index (χ0v) is 6.78. The molecule has 0 fully saturated rings. The number of hydrogen-bond donors (Lipinski definition) is 0. The quantitative estimate of drug-likeness (QED) is 0.649. The number of rotatable bonds is 2. The highest BCUT2D eigenvalue weighted by Gasteiger charge is 2.07. The maximum absolute atomic E-state index is 8.68. The first kappa shape index (κ1) is 8.29. The van der Waals surface area contributed by atoms with E-state index in [2.05, 4.69) is 4.98 Å². The molecule has 0 aliphatic carbocycles. The Morgan fingerprint density at radius 3 is 2.75 bits per heavy atom. The summed E-state index contributed by atoms with van der Waals surface area (Å²) in [6.45, 7) is 2.74. The van der Waals surface area contributed by atoms with Gasteiger partial charge < -0.3 is 4.57 Å². The van der Waals surface area contributed by atoms with E-state index in [1.807, 2.05) is 19.1 Å². The van der Waals surface area contributed by atoms with Gasteiger partial charge in [0, 0.05) is 6.54 Å². The van der Waals surface area contributed by atoms with Crippen molar-refractivity contribution in [3.05, 3.63) is 17.7 Å². The topological polar surface area (TPSA) is 65.4 Å². The van der Waals surface area contributed by atoms with E-state index in [-0.39, 0.29) is 5.69 Å². The number of nitrogens with zero attached hydrogens (tertiary/aromatic N) is 4. The van der Waals surface area contributed by atoms with Crippen molar-refractivity contribution in [3.63, 3.8) is 0 Å². The molecule has 4 nitrogen and oxygen atoms in total. The zero-order chi connectivity index (χ0) is 8.97. The molecule has 1 aromatic heterocycles. The molecule has 0 radical (unpaired) electrons. The molecule has 0 aliphatic rings. The molecule has 0 unspecified atom stereocenters. The second-order valence-electron chi connectivity index (χ2n) is 2.36. The summed E-state index contributed by atoms with van der Waals surface area (Å²) < 4.78 is 1.69. The number of hydrogen-bond acceptors (Lipinski definition) is 3. The Kier molecular flexibility index (Phi) is 2.45. The Morgan fingerprint density at radius 1 is 1.50 bits per heavy atom. The molecule has 0 aliphatic heterocycles. The molecular weight excluding hydrogens is 152 g/mol. The van der Waals surface area contributed by atoms with E-state index in [0.717, 1.165) is 13.0 Å². The first-order valence-electron chi connectivity index (χ1n) is 3.68. The van der Waals surface area contributed by atoms with Crippen LogP contribution in [0.25, 0.3) is 0 Å². The molecule has 1 aromatic rings. The van der Waals surface area contributed by atoms with Crippen molar-refractivity contribution in [3.8, 4) is 12.1 Å². The van der Waals surface area contributed by atoms with Crippen molar-refractivity contribution in [2.75, 3.05) is 0 Å². The van der Waals surface area contributed by atoms with Crippen LogP contribution in [0.2, 0.25) is 0 Å². The van der Waals surface area contributed by atoms with Crippen LogP contribution in [0.3, 0.4) is 0 Å². The molecular formula is C8H8N4. The fourth-order valence-corrected chi connectivity index (χ4v) is 0.992. The van der Waals surface area contributed by atoms with Crippen LogP contribution in [-0.2, 0) is 6.54 Å². The predicted octanol–water partition coefficient (Wildman–Crippen LogP) is 1.04. The van der Waals surface area contributed by atoms with Crippen molar-refractivity contribution < 1.29 is 0 Å². The summed E-state index contributed by atoms with van der Waals surface area (Å²) in [5, 5.41) is 17.2. The summed E-state index contributed by atoms with van der Waals surface area (Å²) in [7, 11) is 0. The zero-order valence-electron chi connectivity index (χ0n) is 6.78. The molecule has 0 amide bonds. The second kappa shape index (κ2) is 3.54. The fraction of sp³-hybridized carbons (Fsp3) is 0.375. The highest BCUT2D eigenvalue weighted by atomic mass is 15.1. The third-order valence-electron chi connectivity index (χ3n) is 1.51. The summed E-state index contributed by atoms with van der Waals surface area (Å²) in [5.74, 6) is 0. The highest BCUT2D eigenvalue weighted by Crippen LogP contribution is 2.05. The molecule has 0 aromatic carbocycles. The third kappa shape index (κ3) is 1.28. The van der Waals surface area contributed by atoms with Crippen molar-refractivity contribution in [2.45, 2.75) is 19.9 Å². The van der Waals surface area contributed by atoms with Gasteiger partial charge >= 0.3 is 0 Å². The summed E-state index contributed by atoms with van der Waals surface area (Å²) in [5.41, 5.74) is 0.574. The first-order valence-corrected chi connectivity index (χ1v) is 3.68. The molecule has 1 rings (SSSR count). The van der Waals surface area contributed by atoms with Gasteiger partial charge in [0.15, 0.2) is 11.4 Å². The van der Waals surface area contributed by atoms with Gasteiger partial charge in [-0.05, 0) is 6.42 Å². The minimum Gasteiger partial charge on any atom is -0.321 e. The summed E-state index contributed by atoms with van der Waals surface area (Å²) in [4.78, 5) is 3.80. The van der Waals surface area contributed by atoms with Crippen LogP contribution in [0.15, 0.2) is 6.33 Å². The molecule has 4 heteroatoms. The van der Waals surface area contributed by atoms with Crippen LogP contribution < -0.4 is 0 Å². The lowest BCUT2D eigenvalue weighted by Crippen LogP contribution is -1.98. The van der Waals surface area contributed by atoms with Crippen molar-refractivity contribution in [2.24, 2.45) is 0 Å². The van der Waals surface area contributed by atoms with E-state index >= 15 is 0 Å². The number of aryl methyl sites for hydroxylation is 1.